The van der Waals surface area contributed by atoms with E-state index in [1.54, 1.807) is 36.4 Å². The van der Waals surface area contributed by atoms with Gasteiger partial charge in [-0.25, -0.2) is 8.42 Å². The molecule has 0 unspecified atom stereocenters. The summed E-state index contributed by atoms with van der Waals surface area (Å²) in [6.45, 7) is 7.11. The Morgan fingerprint density at radius 3 is 2.02 bits per heavy atom. The zero-order chi connectivity index (χ0) is 33.5. The molecule has 0 saturated carbocycles. The average molecular weight is 707 g/mol. The Hall–Kier alpha value is -4.15. The third kappa shape index (κ3) is 9.20. The molecule has 0 fully saturated rings. The van der Waals surface area contributed by atoms with E-state index in [2.05, 4.69) is 21.2 Å². The lowest BCUT2D eigenvalue weighted by molar-refractivity contribution is -0.140. The van der Waals surface area contributed by atoms with E-state index in [4.69, 9.17) is 4.74 Å². The maximum atomic E-state index is 14.6. The van der Waals surface area contributed by atoms with Crippen LogP contribution in [0.5, 0.6) is 5.75 Å². The van der Waals surface area contributed by atoms with Gasteiger partial charge in [0.1, 0.15) is 18.3 Å². The number of hydrogen-bond acceptors (Lipinski definition) is 5. The highest BCUT2D eigenvalue weighted by atomic mass is 79.9. The number of anilines is 1. The van der Waals surface area contributed by atoms with Crippen LogP contribution in [0.3, 0.4) is 0 Å². The lowest BCUT2D eigenvalue weighted by atomic mass is 10.0. The molecular formula is C36H40BrN3O5S. The van der Waals surface area contributed by atoms with E-state index in [0.717, 1.165) is 25.5 Å². The van der Waals surface area contributed by atoms with Gasteiger partial charge in [-0.05, 0) is 87.4 Å². The minimum absolute atomic E-state index is 0.00689. The number of amides is 2. The summed E-state index contributed by atoms with van der Waals surface area (Å²) in [6, 6.07) is 29.0. The molecule has 0 aromatic heterocycles. The highest BCUT2D eigenvalue weighted by Gasteiger charge is 2.35. The minimum atomic E-state index is -4.21. The Morgan fingerprint density at radius 2 is 1.46 bits per heavy atom. The van der Waals surface area contributed by atoms with Crippen LogP contribution in [0.2, 0.25) is 0 Å². The second-order valence-electron chi connectivity index (χ2n) is 12.1. The topological polar surface area (TPSA) is 96.0 Å². The lowest BCUT2D eigenvalue weighted by Crippen LogP contribution is -2.56. The molecule has 0 aliphatic rings. The maximum absolute atomic E-state index is 14.6. The van der Waals surface area contributed by atoms with E-state index in [9.17, 15) is 18.0 Å². The normalized spacial score (nSPS) is 12.2. The van der Waals surface area contributed by atoms with Crippen molar-refractivity contribution in [2.24, 2.45) is 0 Å². The standard InChI is InChI=1S/C36H40BrN3O5S/c1-26-11-17-30(18-12-26)40(46(43,44)32-21-19-31(45-5)20-22-32)25-34(41)39(24-28-13-15-29(37)16-14-28)33(35(42)38-36(2,3)4)23-27-9-7-6-8-10-27/h6-22,33H,23-25H2,1-5H3,(H,38,42)/t33-/m0/s1. The molecule has 4 rings (SSSR count). The van der Waals surface area contributed by atoms with Gasteiger partial charge in [-0.2, -0.15) is 0 Å². The van der Waals surface area contributed by atoms with Gasteiger partial charge < -0.3 is 15.0 Å². The number of sulfonamides is 1. The summed E-state index contributed by atoms with van der Waals surface area (Å²) in [5, 5.41) is 3.04. The monoisotopic (exact) mass is 705 g/mol. The van der Waals surface area contributed by atoms with Crippen molar-refractivity contribution in [1.29, 1.82) is 0 Å². The number of rotatable bonds is 12. The summed E-state index contributed by atoms with van der Waals surface area (Å²) in [4.78, 5) is 30.0. The van der Waals surface area contributed by atoms with Gasteiger partial charge in [0.05, 0.1) is 17.7 Å². The van der Waals surface area contributed by atoms with Gasteiger partial charge in [0, 0.05) is 23.0 Å². The van der Waals surface area contributed by atoms with Crippen molar-refractivity contribution >= 4 is 43.5 Å². The number of carbonyl (C=O) groups excluding carboxylic acids is 2. The summed E-state index contributed by atoms with van der Waals surface area (Å²) in [5.74, 6) is -0.349. The highest BCUT2D eigenvalue weighted by molar-refractivity contribution is 9.10. The van der Waals surface area contributed by atoms with Crippen LogP contribution in [0.1, 0.15) is 37.5 Å². The molecule has 4 aromatic rings. The van der Waals surface area contributed by atoms with Crippen LogP contribution in [0.15, 0.2) is 112 Å². The van der Waals surface area contributed by atoms with Gasteiger partial charge in [0.2, 0.25) is 11.8 Å². The van der Waals surface area contributed by atoms with Gasteiger partial charge in [-0.1, -0.05) is 76.1 Å². The molecule has 10 heteroatoms. The van der Waals surface area contributed by atoms with Crippen molar-refractivity contribution in [1.82, 2.24) is 10.2 Å². The molecule has 0 spiro atoms. The van der Waals surface area contributed by atoms with Crippen molar-refractivity contribution in [3.63, 3.8) is 0 Å². The lowest BCUT2D eigenvalue weighted by Gasteiger charge is -2.35. The third-order valence-corrected chi connectivity index (χ3v) is 9.60. The summed E-state index contributed by atoms with van der Waals surface area (Å²) >= 11 is 3.46. The quantitative estimate of drug-likeness (QED) is 0.181. The van der Waals surface area contributed by atoms with E-state index in [1.807, 2.05) is 82.3 Å². The van der Waals surface area contributed by atoms with Crippen LogP contribution in [0, 0.1) is 6.92 Å². The van der Waals surface area contributed by atoms with E-state index in [1.165, 1.54) is 24.1 Å². The summed E-state index contributed by atoms with van der Waals surface area (Å²) in [7, 11) is -2.71. The number of benzene rings is 4. The number of hydrogen-bond donors (Lipinski definition) is 1. The van der Waals surface area contributed by atoms with Gasteiger partial charge in [-0.3, -0.25) is 13.9 Å². The van der Waals surface area contributed by atoms with Crippen molar-refractivity contribution in [2.45, 2.75) is 57.1 Å². The summed E-state index contributed by atoms with van der Waals surface area (Å²) < 4.78 is 35.6. The predicted octanol–water partition coefficient (Wildman–Crippen LogP) is 6.52. The number of nitrogens with one attached hydrogen (secondary N) is 1. The van der Waals surface area contributed by atoms with Crippen molar-refractivity contribution < 1.29 is 22.7 Å². The number of ether oxygens (including phenoxy) is 1. The fourth-order valence-electron chi connectivity index (χ4n) is 4.91. The number of carbonyl (C=O) groups is 2. The van der Waals surface area contributed by atoms with E-state index in [0.29, 0.717) is 11.4 Å². The number of aryl methyl sites for hydroxylation is 1. The molecule has 2 amide bonds. The van der Waals surface area contributed by atoms with Crippen LogP contribution in [0.4, 0.5) is 5.69 Å². The largest absolute Gasteiger partial charge is 0.497 e. The van der Waals surface area contributed by atoms with Gasteiger partial charge >= 0.3 is 0 Å². The van der Waals surface area contributed by atoms with Gasteiger partial charge in [0.25, 0.3) is 10.0 Å². The molecule has 0 aliphatic carbocycles. The first kappa shape index (κ1) is 34.7. The molecule has 8 nitrogen and oxygen atoms in total. The molecule has 0 bridgehead atoms. The first-order chi connectivity index (χ1) is 21.8. The van der Waals surface area contributed by atoms with E-state index < -0.39 is 34.1 Å². The smallest absolute Gasteiger partial charge is 0.264 e. The fraction of sp³-hybridized carbons (Fsp3) is 0.278. The number of methoxy groups -OCH3 is 1. The Balaban J connectivity index is 1.81. The van der Waals surface area contributed by atoms with Crippen molar-refractivity contribution in [2.75, 3.05) is 18.0 Å². The van der Waals surface area contributed by atoms with Crippen LogP contribution in [0.25, 0.3) is 0 Å². The zero-order valence-electron chi connectivity index (χ0n) is 26.7. The average Bonchev–Trinajstić information content (AvgIpc) is 3.02. The molecule has 0 saturated heterocycles. The Labute approximate surface area is 280 Å². The molecule has 46 heavy (non-hydrogen) atoms. The van der Waals surface area contributed by atoms with Crippen molar-refractivity contribution in [3.8, 4) is 5.75 Å². The summed E-state index contributed by atoms with van der Waals surface area (Å²) in [5.41, 5.74) is 2.36. The fourth-order valence-corrected chi connectivity index (χ4v) is 6.59. The second-order valence-corrected chi connectivity index (χ2v) is 14.9. The molecule has 4 aromatic carbocycles. The molecule has 1 atom stereocenters. The SMILES string of the molecule is COc1ccc(S(=O)(=O)N(CC(=O)N(Cc2ccc(Br)cc2)[C@@H](Cc2ccccc2)C(=O)NC(C)(C)C)c2ccc(C)cc2)cc1. The summed E-state index contributed by atoms with van der Waals surface area (Å²) in [6.07, 6.45) is 0.237. The van der Waals surface area contributed by atoms with Crippen LogP contribution < -0.4 is 14.4 Å². The predicted molar refractivity (Wildman–Crippen MR) is 185 cm³/mol. The first-order valence-electron chi connectivity index (χ1n) is 14.9. The van der Waals surface area contributed by atoms with Crippen molar-refractivity contribution in [3.05, 3.63) is 124 Å². The van der Waals surface area contributed by atoms with Gasteiger partial charge in [-0.15, -0.1) is 0 Å². The Bertz CT molecular complexity index is 1720. The Morgan fingerprint density at radius 1 is 0.848 bits per heavy atom. The van der Waals surface area contributed by atoms with Crippen LogP contribution in [-0.4, -0.2) is 50.4 Å². The van der Waals surface area contributed by atoms with Gasteiger partial charge in [0.15, 0.2) is 0 Å². The zero-order valence-corrected chi connectivity index (χ0v) is 29.1. The first-order valence-corrected chi connectivity index (χ1v) is 17.1. The second kappa shape index (κ2) is 15.0. The minimum Gasteiger partial charge on any atom is -0.497 e. The molecule has 0 aliphatic heterocycles. The van der Waals surface area contributed by atoms with E-state index in [-0.39, 0.29) is 23.8 Å². The number of halogens is 1. The van der Waals surface area contributed by atoms with Crippen LogP contribution in [-0.2, 0) is 32.6 Å². The van der Waals surface area contributed by atoms with E-state index >= 15 is 0 Å². The van der Waals surface area contributed by atoms with Crippen LogP contribution >= 0.6 is 15.9 Å². The maximum Gasteiger partial charge on any atom is 0.264 e. The highest BCUT2D eigenvalue weighted by Crippen LogP contribution is 2.27. The third-order valence-electron chi connectivity index (χ3n) is 7.28. The molecular weight excluding hydrogens is 666 g/mol. The Kier molecular flexibility index (Phi) is 11.3. The molecule has 1 N–H and O–H groups in total. The molecule has 0 heterocycles. The number of nitrogens with zero attached hydrogens (tertiary/aromatic N) is 2. The molecule has 0 radical (unpaired) electrons. The molecule has 242 valence electrons.